The third-order valence-corrected chi connectivity index (χ3v) is 1.58. The van der Waals surface area contributed by atoms with Crippen molar-refractivity contribution in [3.8, 4) is 0 Å². The minimum Gasteiger partial charge on any atom is 0 e. The number of methoxy groups -OCH3 is 1. The van der Waals surface area contributed by atoms with Crippen LogP contribution < -0.4 is 0 Å². The predicted molar refractivity (Wildman–Crippen MR) is 60.1 cm³/mol. The molecular weight excluding hydrogens is 339 g/mol. The molecule has 0 saturated heterocycles. The molecule has 120 valence electrons. The predicted octanol–water partition coefficient (Wildman–Crippen LogP) is 3.44. The van der Waals surface area contributed by atoms with Gasteiger partial charge in [-0.05, 0) is 19.4 Å². The van der Waals surface area contributed by atoms with Crippen molar-refractivity contribution in [1.82, 2.24) is 0 Å². The topological polar surface area (TPSA) is 68.9 Å². The van der Waals surface area contributed by atoms with Crippen LogP contribution in [0.5, 0.6) is 0 Å². The third kappa shape index (κ3) is 45.5. The molecular formula is C11H12BF4FeO4-. The van der Waals surface area contributed by atoms with Crippen molar-refractivity contribution in [2.75, 3.05) is 7.11 Å². The van der Waals surface area contributed by atoms with Gasteiger partial charge in [-0.1, -0.05) is 11.6 Å². The van der Waals surface area contributed by atoms with Crippen molar-refractivity contribution in [3.63, 3.8) is 0 Å². The average molecular weight is 351 g/mol. The Balaban J connectivity index is -0.0000000618. The first kappa shape index (κ1) is 32.0. The first-order valence-corrected chi connectivity index (χ1v) is 4.72. The Morgan fingerprint density at radius 1 is 0.952 bits per heavy atom. The second-order valence-corrected chi connectivity index (χ2v) is 2.84. The molecule has 0 aliphatic heterocycles. The van der Waals surface area contributed by atoms with Crippen LogP contribution in [0.4, 0.5) is 17.3 Å². The quantitative estimate of drug-likeness (QED) is 0.309. The van der Waals surface area contributed by atoms with Crippen molar-refractivity contribution in [3.05, 3.63) is 43.4 Å². The van der Waals surface area contributed by atoms with Crippen LogP contribution >= 0.6 is 0 Å². The summed E-state index contributed by atoms with van der Waals surface area (Å²) in [6.45, 7) is 15.6. The molecule has 0 unspecified atom stereocenters. The van der Waals surface area contributed by atoms with Crippen LogP contribution in [-0.2, 0) is 35.8 Å². The fourth-order valence-corrected chi connectivity index (χ4v) is 0.892. The number of hydrogen-bond acceptors (Lipinski definition) is 1. The fourth-order valence-electron chi connectivity index (χ4n) is 0.892. The molecule has 0 heterocycles. The Bertz CT molecular complexity index is 328. The van der Waals surface area contributed by atoms with Gasteiger partial charge in [0.05, 0.1) is 12.9 Å². The van der Waals surface area contributed by atoms with E-state index < -0.39 is 7.25 Å². The van der Waals surface area contributed by atoms with Crippen LogP contribution in [0.2, 0.25) is 0 Å². The summed E-state index contributed by atoms with van der Waals surface area (Å²) in [5.41, 5.74) is 1.44. The van der Waals surface area contributed by atoms with Gasteiger partial charge in [0.25, 0.3) is 0 Å². The van der Waals surface area contributed by atoms with Crippen molar-refractivity contribution in [2.24, 2.45) is 0 Å². The van der Waals surface area contributed by atoms with Crippen LogP contribution in [0.15, 0.2) is 23.5 Å². The van der Waals surface area contributed by atoms with Gasteiger partial charge in [0.15, 0.2) is 0 Å². The van der Waals surface area contributed by atoms with Crippen LogP contribution in [0, 0.1) is 20.0 Å². The van der Waals surface area contributed by atoms with E-state index >= 15 is 0 Å². The minimum atomic E-state index is -6.00. The molecule has 0 bridgehead atoms. The standard InChI is InChI=1S/C8H12O.3CO.BF4.Fe/c1-7-3-5-8(9-2)6-4-7;3*1-2;2-1(3,4)5;/h3,5H,4,6H2,1-2H3;;;;;/q;;;;-1;. The molecule has 1 rings (SSSR count). The molecule has 1 aliphatic rings. The molecule has 0 aromatic rings. The summed E-state index contributed by atoms with van der Waals surface area (Å²) in [4.78, 5) is 0. The Kier molecular flexibility index (Phi) is 36.3. The molecule has 0 aromatic carbocycles. The van der Waals surface area contributed by atoms with Crippen molar-refractivity contribution in [1.29, 1.82) is 0 Å². The Hall–Kier alpha value is -1.20. The van der Waals surface area contributed by atoms with E-state index in [2.05, 4.69) is 33.0 Å². The number of ether oxygens (including phenoxy) is 1. The zero-order chi connectivity index (χ0) is 17.2. The first-order valence-electron chi connectivity index (χ1n) is 4.72. The van der Waals surface area contributed by atoms with Crippen LogP contribution in [0.25, 0.3) is 0 Å². The van der Waals surface area contributed by atoms with Crippen molar-refractivity contribution in [2.45, 2.75) is 19.8 Å². The molecule has 0 atom stereocenters. The molecule has 0 aromatic heterocycles. The summed E-state index contributed by atoms with van der Waals surface area (Å²) in [5, 5.41) is 0. The summed E-state index contributed by atoms with van der Waals surface area (Å²) >= 11 is 0. The molecule has 0 fully saturated rings. The maximum Gasteiger partial charge on any atom is 0 e. The molecule has 0 N–H and O–H groups in total. The molecule has 0 radical (unpaired) electrons. The van der Waals surface area contributed by atoms with E-state index in [-0.39, 0.29) is 17.1 Å². The van der Waals surface area contributed by atoms with Crippen LogP contribution in [0.3, 0.4) is 0 Å². The van der Waals surface area contributed by atoms with Gasteiger partial charge < -0.3 is 22.0 Å². The zero-order valence-corrected chi connectivity index (χ0v) is 12.2. The Morgan fingerprint density at radius 3 is 1.48 bits per heavy atom. The fraction of sp³-hybridized carbons (Fsp3) is 0.364. The number of hydrogen-bond donors (Lipinski definition) is 0. The number of allylic oxidation sites excluding steroid dienone is 4. The first-order chi connectivity index (χ1) is 9.33. The van der Waals surface area contributed by atoms with Gasteiger partial charge in [0, 0.05) is 23.5 Å². The SMILES string of the molecule is COC1=CC=C(C)CC1.F[B-](F)(F)F.[C-]#[O+].[C-]#[O+].[C-]#[O+].[Fe]. The molecule has 21 heavy (non-hydrogen) atoms. The van der Waals surface area contributed by atoms with E-state index in [1.165, 1.54) is 5.57 Å². The molecule has 1 aliphatic carbocycles. The maximum absolute atomic E-state index is 9.75. The largest absolute Gasteiger partial charge is 0 e. The molecule has 4 nitrogen and oxygen atoms in total. The van der Waals surface area contributed by atoms with E-state index in [9.17, 15) is 17.3 Å². The molecule has 0 spiro atoms. The van der Waals surface area contributed by atoms with Crippen LogP contribution in [-0.4, -0.2) is 14.4 Å². The summed E-state index contributed by atoms with van der Waals surface area (Å²) in [6.07, 6.45) is 6.37. The maximum atomic E-state index is 9.75. The van der Waals surface area contributed by atoms with E-state index in [0.29, 0.717) is 0 Å². The summed E-state index contributed by atoms with van der Waals surface area (Å²) in [7, 11) is -4.28. The van der Waals surface area contributed by atoms with Crippen molar-refractivity contribution < 1.29 is 53.0 Å². The van der Waals surface area contributed by atoms with E-state index in [0.717, 1.165) is 18.6 Å². The second-order valence-electron chi connectivity index (χ2n) is 2.84. The van der Waals surface area contributed by atoms with E-state index in [1.807, 2.05) is 6.08 Å². The Labute approximate surface area is 131 Å². The zero-order valence-electron chi connectivity index (χ0n) is 11.1. The van der Waals surface area contributed by atoms with Gasteiger partial charge in [0.1, 0.15) is 0 Å². The van der Waals surface area contributed by atoms with Gasteiger partial charge in [-0.15, -0.1) is 0 Å². The minimum absolute atomic E-state index is 0. The van der Waals surface area contributed by atoms with Crippen LogP contribution in [0.1, 0.15) is 19.8 Å². The van der Waals surface area contributed by atoms with Gasteiger partial charge in [-0.25, -0.2) is 0 Å². The van der Waals surface area contributed by atoms with Gasteiger partial charge in [-0.2, -0.15) is 0 Å². The molecule has 0 amide bonds. The van der Waals surface area contributed by atoms with E-state index in [4.69, 9.17) is 18.7 Å². The van der Waals surface area contributed by atoms with E-state index in [1.54, 1.807) is 7.11 Å². The number of rotatable bonds is 1. The van der Waals surface area contributed by atoms with Crippen molar-refractivity contribution >= 4 is 7.25 Å². The normalized spacial score (nSPS) is 11.0. The summed E-state index contributed by atoms with van der Waals surface area (Å²) in [5.74, 6) is 1.10. The molecule has 0 saturated carbocycles. The van der Waals surface area contributed by atoms with Gasteiger partial charge in [0.2, 0.25) is 0 Å². The third-order valence-electron chi connectivity index (χ3n) is 1.58. The summed E-state index contributed by atoms with van der Waals surface area (Å²) < 4.78 is 66.6. The Morgan fingerprint density at radius 2 is 1.29 bits per heavy atom. The monoisotopic (exact) mass is 351 g/mol. The smallest absolute Gasteiger partial charge is 0 e. The summed E-state index contributed by atoms with van der Waals surface area (Å²) in [6, 6.07) is 0. The number of halogens is 4. The van der Waals surface area contributed by atoms with Gasteiger partial charge in [-0.3, -0.25) is 0 Å². The van der Waals surface area contributed by atoms with Gasteiger partial charge >= 0.3 is 41.2 Å². The molecule has 10 heteroatoms. The second kappa shape index (κ2) is 23.9. The average Bonchev–Trinajstić information content (AvgIpc) is 2.44.